The van der Waals surface area contributed by atoms with E-state index in [9.17, 15) is 5.26 Å². The van der Waals surface area contributed by atoms with Crippen molar-refractivity contribution in [3.05, 3.63) is 398 Å². The number of nitriles is 1. The van der Waals surface area contributed by atoms with Crippen molar-refractivity contribution in [1.29, 1.82) is 5.26 Å². The van der Waals surface area contributed by atoms with Crippen LogP contribution in [0.2, 0.25) is 0 Å². The second-order valence-electron chi connectivity index (χ2n) is 28.9. The number of pyridine rings is 2. The van der Waals surface area contributed by atoms with Crippen LogP contribution in [0.25, 0.3) is 188 Å². The van der Waals surface area contributed by atoms with Gasteiger partial charge in [-0.15, -0.1) is 0 Å². The van der Waals surface area contributed by atoms with E-state index in [4.69, 9.17) is 9.97 Å². The van der Waals surface area contributed by atoms with Crippen LogP contribution in [0.4, 0.5) is 0 Å². The van der Waals surface area contributed by atoms with Crippen LogP contribution in [0, 0.1) is 11.3 Å². The van der Waals surface area contributed by atoms with E-state index in [2.05, 4.69) is 383 Å². The van der Waals surface area contributed by atoms with Crippen LogP contribution in [0.3, 0.4) is 0 Å². The zero-order valence-electron chi connectivity index (χ0n) is 58.8. The van der Waals surface area contributed by atoms with Gasteiger partial charge in [0.2, 0.25) is 0 Å². The highest BCUT2D eigenvalue weighted by atomic mass is 15.1. The lowest BCUT2D eigenvalue weighted by atomic mass is 9.71. The molecule has 23 rings (SSSR count). The number of benzene rings is 15. The molecule has 15 aromatic carbocycles. The molecule has 0 saturated carbocycles. The fourth-order valence-electron chi connectivity index (χ4n) is 19.1. The predicted octanol–water partition coefficient (Wildman–Crippen LogP) is 25.4. The summed E-state index contributed by atoms with van der Waals surface area (Å²) in [7, 11) is 0. The molecule has 21 aromatic rings. The topological polar surface area (TPSA) is 69.3 Å². The molecule has 2 aliphatic carbocycles. The van der Waals surface area contributed by atoms with E-state index in [0.29, 0.717) is 5.56 Å². The maximum absolute atomic E-state index is 13.9. The zero-order chi connectivity index (χ0) is 71.6. The molecule has 0 aliphatic heterocycles. The summed E-state index contributed by atoms with van der Waals surface area (Å²) in [6.07, 6.45) is 8.05. The second-order valence-corrected chi connectivity index (χ2v) is 28.9. The smallest absolute Gasteiger partial charge is 0.104 e. The van der Waals surface area contributed by atoms with Crippen molar-refractivity contribution in [3.8, 4) is 107 Å². The van der Waals surface area contributed by atoms with E-state index in [-0.39, 0.29) is 0 Å². The molecule has 0 unspecified atom stereocenters. The molecule has 0 bridgehead atoms. The van der Waals surface area contributed by atoms with Crippen molar-refractivity contribution >= 4 is 87.2 Å². The quantitative estimate of drug-likeness (QED) is 0.145. The number of hydrogen-bond acceptors (Lipinski definition) is 3. The first kappa shape index (κ1) is 60.7. The Bertz CT molecular complexity index is 7090. The van der Waals surface area contributed by atoms with Gasteiger partial charge in [0.15, 0.2) is 0 Å². The van der Waals surface area contributed by atoms with Gasteiger partial charge in [-0.25, -0.2) is 0 Å². The van der Waals surface area contributed by atoms with Crippen LogP contribution in [0.1, 0.15) is 27.8 Å². The first-order chi connectivity index (χ1) is 54.1. The van der Waals surface area contributed by atoms with Crippen molar-refractivity contribution in [2.75, 3.05) is 0 Å². The summed E-state index contributed by atoms with van der Waals surface area (Å²) < 4.78 is 10.0. The Kier molecular flexibility index (Phi) is 13.0. The molecule has 504 valence electrons. The van der Waals surface area contributed by atoms with E-state index in [1.807, 2.05) is 12.4 Å². The van der Waals surface area contributed by atoms with Gasteiger partial charge in [-0.3, -0.25) is 9.97 Å². The lowest BCUT2D eigenvalue weighted by Gasteiger charge is -2.31. The van der Waals surface area contributed by atoms with E-state index >= 15 is 0 Å². The zero-order valence-corrected chi connectivity index (χ0v) is 58.8. The molecule has 0 fully saturated rings. The molecular weight excluding hydrogens is 1320 g/mol. The molecule has 1 spiro atoms. The third kappa shape index (κ3) is 8.51. The molecule has 0 radical (unpaired) electrons. The molecule has 7 heteroatoms. The summed E-state index contributed by atoms with van der Waals surface area (Å²) in [5.74, 6) is 0. The van der Waals surface area contributed by atoms with Crippen molar-refractivity contribution in [3.63, 3.8) is 0 Å². The SMILES string of the molecule is N#Cc1c(-n2c3ccccc3c3cc(-c4ccccc4)ccc32)c(-n2c3ccccc3c3cc(-c4ccccc4)ccc32)c(-c2cccc3c2-c2ccccc2C32c3cnccc3-c3ccncc32)c(-n2c3ccccc3c3cc(-c4ccccc4)ccc32)c1-n1c2ccccc2c2cc(-c3ccccc3)ccc21. The van der Waals surface area contributed by atoms with E-state index in [0.717, 1.165) is 210 Å². The van der Waals surface area contributed by atoms with Crippen LogP contribution in [-0.4, -0.2) is 28.2 Å². The van der Waals surface area contributed by atoms with Crippen LogP contribution in [0.5, 0.6) is 0 Å². The number of para-hydroxylation sites is 4. The Labute approximate surface area is 627 Å². The van der Waals surface area contributed by atoms with Gasteiger partial charge in [-0.05, 0) is 180 Å². The first-order valence-corrected chi connectivity index (χ1v) is 37.2. The molecule has 2 aliphatic rings. The standard InChI is InChI=1S/C102H61N7/c103-60-83-98(106-88-40-19-14-32-73(88)79-56-67(44-48-92(79)106)63-24-5-1-6-25-63)100(108-90-42-21-16-34-75(90)81-58-69(46-50-94(81)108)65-28-9-3-10-29-65)97(78-37-23-39-85-96(78)77-36-13-18-38-84(77)102(85)86-61-104-54-52-71(86)72-53-55-105-62-87(72)102)101(109-91-43-22-17-35-76(91)82-59-70(47-51-95(82)109)66-30-11-4-12-31-66)99(83)107-89-41-20-15-33-74(89)80-57-68(45-49-93(80)107)64-26-7-2-8-27-64/h1-59,61-62H. The van der Waals surface area contributed by atoms with Crippen LogP contribution >= 0.6 is 0 Å². The molecule has 109 heavy (non-hydrogen) atoms. The highest BCUT2D eigenvalue weighted by Gasteiger charge is 2.53. The summed E-state index contributed by atoms with van der Waals surface area (Å²) in [5, 5.41) is 22.4. The van der Waals surface area contributed by atoms with Crippen LogP contribution < -0.4 is 0 Å². The maximum Gasteiger partial charge on any atom is 0.104 e. The third-order valence-corrected chi connectivity index (χ3v) is 23.6. The first-order valence-electron chi connectivity index (χ1n) is 37.2. The lowest BCUT2D eigenvalue weighted by Crippen LogP contribution is -2.26. The Morgan fingerprint density at radius 1 is 0.229 bits per heavy atom. The molecule has 7 nitrogen and oxygen atoms in total. The number of aromatic nitrogens is 6. The monoisotopic (exact) mass is 1380 g/mol. The summed E-state index contributed by atoms with van der Waals surface area (Å²) in [5.41, 5.74) is 30.3. The second kappa shape index (κ2) is 23.4. The average Bonchev–Trinajstić information content (AvgIpc) is 1.51. The van der Waals surface area contributed by atoms with Crippen molar-refractivity contribution in [2.24, 2.45) is 0 Å². The van der Waals surface area contributed by atoms with Crippen molar-refractivity contribution < 1.29 is 0 Å². The highest BCUT2D eigenvalue weighted by molar-refractivity contribution is 6.19. The summed E-state index contributed by atoms with van der Waals surface area (Å²) in [4.78, 5) is 10.1. The summed E-state index contributed by atoms with van der Waals surface area (Å²) >= 11 is 0. The van der Waals surface area contributed by atoms with Gasteiger partial charge in [0.25, 0.3) is 0 Å². The van der Waals surface area contributed by atoms with Gasteiger partial charge < -0.3 is 18.3 Å². The predicted molar refractivity (Wildman–Crippen MR) is 448 cm³/mol. The Morgan fingerprint density at radius 2 is 0.541 bits per heavy atom. The molecule has 0 saturated heterocycles. The van der Waals surface area contributed by atoms with Gasteiger partial charge in [0.05, 0.1) is 72.3 Å². The van der Waals surface area contributed by atoms with Gasteiger partial charge in [0, 0.05) is 73.4 Å². The minimum absolute atomic E-state index is 0.484. The molecule has 0 atom stereocenters. The highest BCUT2D eigenvalue weighted by Crippen LogP contribution is 2.65. The number of rotatable bonds is 9. The summed E-state index contributed by atoms with van der Waals surface area (Å²) in [6, 6.07) is 130. The molecular formula is C102H61N7. The van der Waals surface area contributed by atoms with Crippen molar-refractivity contribution in [2.45, 2.75) is 5.41 Å². The van der Waals surface area contributed by atoms with E-state index in [1.54, 1.807) is 0 Å². The lowest BCUT2D eigenvalue weighted by molar-refractivity contribution is 0.783. The van der Waals surface area contributed by atoms with Gasteiger partial charge in [0.1, 0.15) is 11.6 Å². The molecule has 0 amide bonds. The number of nitrogens with zero attached hydrogens (tertiary/aromatic N) is 7. The van der Waals surface area contributed by atoms with E-state index < -0.39 is 5.41 Å². The Morgan fingerprint density at radius 3 is 0.917 bits per heavy atom. The van der Waals surface area contributed by atoms with Gasteiger partial charge >= 0.3 is 0 Å². The normalized spacial score (nSPS) is 12.7. The third-order valence-electron chi connectivity index (χ3n) is 23.6. The molecule has 6 aromatic heterocycles. The Balaban J connectivity index is 1.01. The average molecular weight is 1380 g/mol. The minimum Gasteiger partial charge on any atom is -0.306 e. The fourth-order valence-corrected chi connectivity index (χ4v) is 19.1. The van der Waals surface area contributed by atoms with Gasteiger partial charge in [-0.1, -0.05) is 261 Å². The maximum atomic E-state index is 13.9. The number of fused-ring (bicyclic) bond motifs is 22. The Hall–Kier alpha value is -14.7. The molecule has 0 N–H and O–H groups in total. The van der Waals surface area contributed by atoms with Gasteiger partial charge in [-0.2, -0.15) is 5.26 Å². The fraction of sp³-hybridized carbons (Fsp3) is 0.00980. The van der Waals surface area contributed by atoms with E-state index in [1.165, 1.54) is 0 Å². The molecule has 6 heterocycles. The van der Waals surface area contributed by atoms with Crippen LogP contribution in [0.15, 0.2) is 371 Å². The summed E-state index contributed by atoms with van der Waals surface area (Å²) in [6.45, 7) is 0. The number of hydrogen-bond donors (Lipinski definition) is 0. The largest absolute Gasteiger partial charge is 0.306 e. The minimum atomic E-state index is -0.846. The van der Waals surface area contributed by atoms with Crippen LogP contribution in [-0.2, 0) is 5.41 Å². The van der Waals surface area contributed by atoms with Crippen molar-refractivity contribution in [1.82, 2.24) is 28.2 Å².